The van der Waals surface area contributed by atoms with E-state index in [9.17, 15) is 5.11 Å². The van der Waals surface area contributed by atoms with E-state index >= 15 is 0 Å². The minimum atomic E-state index is -1.99. The summed E-state index contributed by atoms with van der Waals surface area (Å²) in [6.07, 6.45) is 1.25. The highest BCUT2D eigenvalue weighted by molar-refractivity contribution is 6.75. The van der Waals surface area contributed by atoms with Crippen LogP contribution in [-0.2, 0) is 21.4 Å². The van der Waals surface area contributed by atoms with E-state index < -0.39 is 22.2 Å². The highest BCUT2D eigenvalue weighted by Crippen LogP contribution is 2.42. The molecule has 4 nitrogen and oxygen atoms in total. The molecule has 0 spiro atoms. The third-order valence-corrected chi connectivity index (χ3v) is 16.3. The molecule has 1 heterocycles. The number of ether oxygens (including phenoxy) is 1. The summed E-state index contributed by atoms with van der Waals surface area (Å²) in [5.41, 5.74) is 1.16. The second kappa shape index (κ2) is 8.70. The molecule has 1 saturated heterocycles. The third kappa shape index (κ3) is 5.77. The van der Waals surface area contributed by atoms with Crippen LogP contribution in [0.25, 0.3) is 0 Å². The van der Waals surface area contributed by atoms with E-state index in [0.717, 1.165) is 16.9 Å². The first-order chi connectivity index (χ1) is 13.5. The summed E-state index contributed by atoms with van der Waals surface area (Å²) >= 11 is 0. The lowest BCUT2D eigenvalue weighted by Gasteiger charge is -2.39. The molecule has 0 aliphatic carbocycles. The molecule has 0 amide bonds. The average Bonchev–Trinajstić information content (AvgIpc) is 2.59. The number of hydrogen-bond donors (Lipinski definition) is 1. The molecule has 1 aliphatic rings. The Bertz CT molecular complexity index is 724. The van der Waals surface area contributed by atoms with Crippen molar-refractivity contribution in [3.8, 4) is 5.75 Å². The van der Waals surface area contributed by atoms with Gasteiger partial charge in [0, 0.05) is 31.6 Å². The first kappa shape index (κ1) is 25.6. The van der Waals surface area contributed by atoms with Crippen molar-refractivity contribution in [2.45, 2.75) is 103 Å². The summed E-state index contributed by atoms with van der Waals surface area (Å²) < 4.78 is 18.7. The lowest BCUT2D eigenvalue weighted by molar-refractivity contribution is -0.0679. The molecule has 1 N–H and O–H groups in total. The van der Waals surface area contributed by atoms with E-state index in [1.54, 1.807) is 0 Å². The highest BCUT2D eigenvalue weighted by atomic mass is 28.4. The van der Waals surface area contributed by atoms with E-state index in [-0.39, 0.29) is 10.1 Å². The molecular weight excluding hydrogens is 408 g/mol. The third-order valence-electron chi connectivity index (χ3n) is 7.48. The van der Waals surface area contributed by atoms with Crippen LogP contribution in [0.4, 0.5) is 0 Å². The molecule has 0 unspecified atom stereocenters. The molecule has 172 valence electrons. The van der Waals surface area contributed by atoms with Crippen LogP contribution < -0.4 is 4.43 Å². The van der Waals surface area contributed by atoms with Gasteiger partial charge in [0.15, 0.2) is 8.32 Å². The van der Waals surface area contributed by atoms with Crippen LogP contribution in [-0.4, -0.2) is 35.0 Å². The van der Waals surface area contributed by atoms with Gasteiger partial charge in [-0.3, -0.25) is 0 Å². The normalized spacial score (nSPS) is 18.4. The number of benzene rings is 1. The van der Waals surface area contributed by atoms with Gasteiger partial charge in [-0.05, 0) is 54.0 Å². The predicted octanol–water partition coefficient (Wildman–Crippen LogP) is 6.59. The smallest absolute Gasteiger partial charge is 0.250 e. The summed E-state index contributed by atoms with van der Waals surface area (Å²) in [7, 11) is -3.90. The number of hydrogen-bond acceptors (Lipinski definition) is 4. The maximum absolute atomic E-state index is 11.2. The molecule has 2 rings (SSSR count). The van der Waals surface area contributed by atoms with Gasteiger partial charge in [0.25, 0.3) is 0 Å². The summed E-state index contributed by atoms with van der Waals surface area (Å²) in [4.78, 5) is 0. The molecule has 1 aromatic rings. The maximum atomic E-state index is 11.2. The monoisotopic (exact) mass is 452 g/mol. The lowest BCUT2D eigenvalue weighted by atomic mass is 9.85. The van der Waals surface area contributed by atoms with E-state index in [1.165, 1.54) is 0 Å². The first-order valence-corrected chi connectivity index (χ1v) is 17.1. The largest absolute Gasteiger partial charge is 0.543 e. The van der Waals surface area contributed by atoms with Crippen LogP contribution in [0, 0.1) is 0 Å². The highest BCUT2D eigenvalue weighted by Gasteiger charge is 2.41. The predicted molar refractivity (Wildman–Crippen MR) is 130 cm³/mol. The van der Waals surface area contributed by atoms with Gasteiger partial charge in [-0.2, -0.15) is 0 Å². The summed E-state index contributed by atoms with van der Waals surface area (Å²) in [6.45, 7) is 24.3. The Labute approximate surface area is 186 Å². The van der Waals surface area contributed by atoms with Crippen LogP contribution in [0.5, 0.6) is 5.75 Å². The molecule has 1 aliphatic heterocycles. The molecular formula is C24H44O4Si2. The molecule has 6 heteroatoms. The summed E-state index contributed by atoms with van der Waals surface area (Å²) in [5.74, 6) is 0.903. The van der Waals surface area contributed by atoms with Crippen molar-refractivity contribution in [1.82, 2.24) is 0 Å². The molecule has 1 fully saturated rings. The Morgan fingerprint density at radius 2 is 1.47 bits per heavy atom. The summed E-state index contributed by atoms with van der Waals surface area (Å²) in [5, 5.41) is 11.5. The lowest BCUT2D eigenvalue weighted by Crippen LogP contribution is -2.44. The van der Waals surface area contributed by atoms with Crippen LogP contribution in [0.15, 0.2) is 18.2 Å². The second-order valence-electron chi connectivity index (χ2n) is 11.9. The van der Waals surface area contributed by atoms with Crippen LogP contribution >= 0.6 is 0 Å². The van der Waals surface area contributed by atoms with Crippen LogP contribution in [0.3, 0.4) is 0 Å². The van der Waals surface area contributed by atoms with Gasteiger partial charge in [0.05, 0.1) is 12.2 Å². The van der Waals surface area contributed by atoms with Gasteiger partial charge in [-0.1, -0.05) is 47.6 Å². The Hall–Kier alpha value is -0.666. The average molecular weight is 453 g/mol. The van der Waals surface area contributed by atoms with E-state index in [1.807, 2.05) is 12.1 Å². The minimum absolute atomic E-state index is 0.113. The van der Waals surface area contributed by atoms with Gasteiger partial charge in [-0.25, -0.2) is 0 Å². The van der Waals surface area contributed by atoms with Crippen molar-refractivity contribution in [3.63, 3.8) is 0 Å². The SMILES string of the molecule is CC(C)(C)[Si](C)(C)OCc1cc(C2(O)CCOCC2)ccc1O[Si](C)(C)C(C)(C)C. The Morgan fingerprint density at radius 1 is 0.933 bits per heavy atom. The van der Waals surface area contributed by atoms with Gasteiger partial charge >= 0.3 is 0 Å². The Morgan fingerprint density at radius 3 is 1.97 bits per heavy atom. The zero-order valence-corrected chi connectivity index (χ0v) is 22.9. The van der Waals surface area contributed by atoms with Gasteiger partial charge in [0.1, 0.15) is 5.75 Å². The Kier molecular flexibility index (Phi) is 7.42. The molecule has 0 radical (unpaired) electrons. The molecule has 30 heavy (non-hydrogen) atoms. The van der Waals surface area contributed by atoms with E-state index in [2.05, 4.69) is 73.8 Å². The molecule has 0 saturated carbocycles. The topological polar surface area (TPSA) is 47.9 Å². The number of aliphatic hydroxyl groups is 1. The first-order valence-electron chi connectivity index (χ1n) is 11.3. The van der Waals surface area contributed by atoms with Gasteiger partial charge < -0.3 is 18.7 Å². The minimum Gasteiger partial charge on any atom is -0.543 e. The number of rotatable bonds is 6. The fraction of sp³-hybridized carbons (Fsp3) is 0.750. The standard InChI is InChI=1S/C24H44O4Si2/c1-22(2,3)29(7,8)27-18-19-17-20(24(25)13-15-26-16-14-24)11-12-21(19)28-30(9,10)23(4,5)6/h11-12,17,25H,13-16,18H2,1-10H3. The Balaban J connectivity index is 2.41. The fourth-order valence-electron chi connectivity index (χ4n) is 2.98. The molecule has 0 aromatic heterocycles. The van der Waals surface area contributed by atoms with Gasteiger partial charge in [0.2, 0.25) is 8.32 Å². The van der Waals surface area contributed by atoms with E-state index in [4.69, 9.17) is 13.6 Å². The van der Waals surface area contributed by atoms with Crippen molar-refractivity contribution in [3.05, 3.63) is 29.3 Å². The van der Waals surface area contributed by atoms with Crippen molar-refractivity contribution in [2.24, 2.45) is 0 Å². The molecule has 0 bridgehead atoms. The van der Waals surface area contributed by atoms with Crippen molar-refractivity contribution in [1.29, 1.82) is 0 Å². The zero-order valence-electron chi connectivity index (χ0n) is 20.9. The van der Waals surface area contributed by atoms with Crippen molar-refractivity contribution >= 4 is 16.6 Å². The van der Waals surface area contributed by atoms with Crippen LogP contribution in [0.2, 0.25) is 36.3 Å². The fourth-order valence-corrected chi connectivity index (χ4v) is 4.99. The maximum Gasteiger partial charge on any atom is 0.250 e. The molecule has 1 aromatic carbocycles. The quantitative estimate of drug-likeness (QED) is 0.495. The molecule has 0 atom stereocenters. The van der Waals surface area contributed by atoms with Crippen molar-refractivity contribution < 1.29 is 18.7 Å². The summed E-state index contributed by atoms with van der Waals surface area (Å²) in [6, 6.07) is 6.19. The second-order valence-corrected chi connectivity index (χ2v) is 21.4. The van der Waals surface area contributed by atoms with Gasteiger partial charge in [-0.15, -0.1) is 0 Å². The van der Waals surface area contributed by atoms with Crippen molar-refractivity contribution in [2.75, 3.05) is 13.2 Å². The van der Waals surface area contributed by atoms with Crippen LogP contribution in [0.1, 0.15) is 65.5 Å². The zero-order chi connectivity index (χ0) is 23.0. The van der Waals surface area contributed by atoms with E-state index in [0.29, 0.717) is 32.7 Å².